The van der Waals surface area contributed by atoms with Gasteiger partial charge in [-0.1, -0.05) is 29.8 Å². The monoisotopic (exact) mass is 506 g/mol. The third-order valence-corrected chi connectivity index (χ3v) is 7.36. The molecule has 1 aliphatic heterocycles. The van der Waals surface area contributed by atoms with E-state index in [4.69, 9.17) is 11.6 Å². The summed E-state index contributed by atoms with van der Waals surface area (Å²) in [7, 11) is 0. The van der Waals surface area contributed by atoms with E-state index in [0.717, 1.165) is 67.3 Å². The molecule has 7 rings (SSSR count). The summed E-state index contributed by atoms with van der Waals surface area (Å²) < 4.78 is 41.2. The van der Waals surface area contributed by atoms with Crippen molar-refractivity contribution < 1.29 is 13.2 Å². The molecule has 0 atom stereocenters. The van der Waals surface area contributed by atoms with Crippen LogP contribution in [0.15, 0.2) is 48.9 Å². The van der Waals surface area contributed by atoms with Gasteiger partial charge in [0.05, 0.1) is 27.1 Å². The minimum absolute atomic E-state index is 0.275. The van der Waals surface area contributed by atoms with Crippen LogP contribution in [-0.4, -0.2) is 31.1 Å². The van der Waals surface area contributed by atoms with E-state index in [1.165, 1.54) is 0 Å². The molecule has 36 heavy (non-hydrogen) atoms. The molecule has 0 unspecified atom stereocenters. The van der Waals surface area contributed by atoms with Crippen LogP contribution in [0.3, 0.4) is 0 Å². The van der Waals surface area contributed by atoms with Gasteiger partial charge in [0, 0.05) is 65.5 Å². The molecule has 0 bridgehead atoms. The zero-order valence-electron chi connectivity index (χ0n) is 19.0. The first-order chi connectivity index (χ1) is 17.3. The summed E-state index contributed by atoms with van der Waals surface area (Å²) >= 11 is 6.65. The number of para-hydroxylation sites is 1. The van der Waals surface area contributed by atoms with Crippen molar-refractivity contribution >= 4 is 55.6 Å². The summed E-state index contributed by atoms with van der Waals surface area (Å²) in [5.74, 6) is 0.275. The van der Waals surface area contributed by atoms with E-state index in [1.54, 1.807) is 6.20 Å². The molecule has 180 valence electrons. The van der Waals surface area contributed by atoms with Crippen molar-refractivity contribution in [2.75, 3.05) is 11.4 Å². The number of aromatic amines is 1. The zero-order chi connectivity index (χ0) is 24.8. The molecule has 0 aliphatic carbocycles. The summed E-state index contributed by atoms with van der Waals surface area (Å²) in [5.41, 5.74) is 5.20. The second-order valence-electron chi connectivity index (χ2n) is 9.15. The Bertz CT molecular complexity index is 1840. The SMILES string of the molecule is Cc1cccc2c3cc(Cl)c4nccc4c3c3c4c([nH]n3c12)CCN(c1ncc(C(F)(F)F)cn1)C4. The van der Waals surface area contributed by atoms with Crippen LogP contribution in [0.4, 0.5) is 19.1 Å². The standard InChI is InChI=1S/C26H18ClF3N6/c1-13-3-2-4-15-17-9-19(27)22-16(5-7-31-22)21(17)24-18-12-35(8-6-20(18)34-36(24)23(13)15)25-32-10-14(11-33-25)26(28,29)30/h2-5,7,9-11,34H,6,8,12H2,1H3. The Hall–Kier alpha value is -3.85. The fourth-order valence-corrected chi connectivity index (χ4v) is 5.70. The predicted octanol–water partition coefficient (Wildman–Crippen LogP) is 6.46. The lowest BCUT2D eigenvalue weighted by Crippen LogP contribution is -2.31. The lowest BCUT2D eigenvalue weighted by molar-refractivity contribution is -0.138. The van der Waals surface area contributed by atoms with Gasteiger partial charge < -0.3 is 4.90 Å². The molecule has 0 saturated heterocycles. The van der Waals surface area contributed by atoms with Crippen LogP contribution in [0.5, 0.6) is 0 Å². The third kappa shape index (κ3) is 2.95. The number of nitrogens with zero attached hydrogens (tertiary/aromatic N) is 5. The Morgan fingerprint density at radius 1 is 1.00 bits per heavy atom. The first kappa shape index (κ1) is 21.4. The van der Waals surface area contributed by atoms with Gasteiger partial charge in [-0.15, -0.1) is 0 Å². The lowest BCUT2D eigenvalue weighted by Gasteiger charge is -2.27. The van der Waals surface area contributed by atoms with Crippen LogP contribution >= 0.6 is 11.6 Å². The molecular formula is C26H18ClF3N6. The first-order valence-corrected chi connectivity index (χ1v) is 11.8. The Morgan fingerprint density at radius 2 is 1.81 bits per heavy atom. The highest BCUT2D eigenvalue weighted by atomic mass is 35.5. The van der Waals surface area contributed by atoms with Crippen LogP contribution in [0.25, 0.3) is 38.1 Å². The number of H-pyrrole nitrogens is 1. The van der Waals surface area contributed by atoms with Crippen molar-refractivity contribution in [3.05, 3.63) is 76.3 Å². The smallest absolute Gasteiger partial charge is 0.336 e. The Labute approximate surface area is 207 Å². The molecule has 10 heteroatoms. The van der Waals surface area contributed by atoms with E-state index in [-0.39, 0.29) is 5.95 Å². The highest BCUT2D eigenvalue weighted by Gasteiger charge is 2.32. The number of aromatic nitrogens is 5. The minimum Gasteiger partial charge on any atom is -0.336 e. The number of hydrogen-bond acceptors (Lipinski definition) is 4. The van der Waals surface area contributed by atoms with Gasteiger partial charge in [0.25, 0.3) is 0 Å². The minimum atomic E-state index is -4.47. The van der Waals surface area contributed by atoms with Crippen LogP contribution in [0, 0.1) is 6.92 Å². The molecule has 0 spiro atoms. The van der Waals surface area contributed by atoms with Crippen molar-refractivity contribution in [1.29, 1.82) is 0 Å². The second kappa shape index (κ2) is 7.33. The molecule has 6 nitrogen and oxygen atoms in total. The quantitative estimate of drug-likeness (QED) is 0.260. The number of nitrogens with one attached hydrogen (secondary N) is 1. The average molecular weight is 507 g/mol. The highest BCUT2D eigenvalue weighted by Crippen LogP contribution is 2.41. The van der Waals surface area contributed by atoms with Gasteiger partial charge in [-0.2, -0.15) is 13.2 Å². The van der Waals surface area contributed by atoms with Crippen LogP contribution in [0.1, 0.15) is 22.4 Å². The molecule has 4 aromatic heterocycles. The summed E-state index contributed by atoms with van der Waals surface area (Å²) in [4.78, 5) is 14.5. The first-order valence-electron chi connectivity index (χ1n) is 11.5. The maximum Gasteiger partial charge on any atom is 0.419 e. The van der Waals surface area contributed by atoms with E-state index in [1.807, 2.05) is 23.1 Å². The number of hydrogen-bond donors (Lipinski definition) is 1. The van der Waals surface area contributed by atoms with Gasteiger partial charge in [0.15, 0.2) is 0 Å². The maximum absolute atomic E-state index is 13.0. The fraction of sp³-hybridized carbons (Fsp3) is 0.192. The van der Waals surface area contributed by atoms with Gasteiger partial charge in [-0.05, 0) is 30.0 Å². The number of alkyl halides is 3. The van der Waals surface area contributed by atoms with Crippen LogP contribution < -0.4 is 4.90 Å². The second-order valence-corrected chi connectivity index (χ2v) is 9.56. The van der Waals surface area contributed by atoms with Crippen molar-refractivity contribution in [2.24, 2.45) is 0 Å². The molecule has 0 fully saturated rings. The topological polar surface area (TPSA) is 62.1 Å². The molecule has 1 N–H and O–H groups in total. The van der Waals surface area contributed by atoms with E-state index in [9.17, 15) is 13.2 Å². The van der Waals surface area contributed by atoms with Crippen molar-refractivity contribution in [2.45, 2.75) is 26.1 Å². The molecule has 5 heterocycles. The predicted molar refractivity (Wildman–Crippen MR) is 134 cm³/mol. The van der Waals surface area contributed by atoms with Crippen molar-refractivity contribution in [3.63, 3.8) is 0 Å². The largest absolute Gasteiger partial charge is 0.419 e. The number of fused-ring (bicyclic) bond motifs is 10. The fourth-order valence-electron chi connectivity index (χ4n) is 5.44. The molecule has 0 amide bonds. The van der Waals surface area contributed by atoms with E-state index in [2.05, 4.69) is 43.6 Å². The van der Waals surface area contributed by atoms with Gasteiger partial charge in [0.1, 0.15) is 0 Å². The lowest BCUT2D eigenvalue weighted by atomic mass is 9.97. The summed E-state index contributed by atoms with van der Waals surface area (Å²) in [6.45, 7) is 3.12. The van der Waals surface area contributed by atoms with E-state index in [0.29, 0.717) is 24.5 Å². The number of aryl methyl sites for hydroxylation is 1. The highest BCUT2D eigenvalue weighted by molar-refractivity contribution is 6.39. The number of pyridine rings is 1. The van der Waals surface area contributed by atoms with Crippen LogP contribution in [0.2, 0.25) is 5.02 Å². The molecule has 0 saturated carbocycles. The van der Waals surface area contributed by atoms with Gasteiger partial charge in [-0.25, -0.2) is 9.97 Å². The number of halogens is 4. The average Bonchev–Trinajstić information content (AvgIpc) is 3.49. The molecule has 0 radical (unpaired) electrons. The normalized spacial score (nSPS) is 14.4. The Morgan fingerprint density at radius 3 is 2.58 bits per heavy atom. The van der Waals surface area contributed by atoms with Gasteiger partial charge >= 0.3 is 6.18 Å². The Balaban J connectivity index is 1.50. The zero-order valence-corrected chi connectivity index (χ0v) is 19.7. The van der Waals surface area contributed by atoms with E-state index >= 15 is 0 Å². The van der Waals surface area contributed by atoms with Crippen LogP contribution in [-0.2, 0) is 19.1 Å². The van der Waals surface area contributed by atoms with E-state index < -0.39 is 11.7 Å². The van der Waals surface area contributed by atoms with Crippen molar-refractivity contribution in [1.82, 2.24) is 24.6 Å². The van der Waals surface area contributed by atoms with Gasteiger partial charge in [-0.3, -0.25) is 14.6 Å². The number of anilines is 1. The third-order valence-electron chi connectivity index (χ3n) is 7.07. The summed E-state index contributed by atoms with van der Waals surface area (Å²) in [6, 6.07) is 10.2. The van der Waals surface area contributed by atoms with Gasteiger partial charge in [0.2, 0.25) is 5.95 Å². The summed E-state index contributed by atoms with van der Waals surface area (Å²) in [6.07, 6.45) is -0.357. The Kier molecular flexibility index (Phi) is 4.36. The maximum atomic E-state index is 13.0. The molecule has 2 aromatic carbocycles. The number of benzene rings is 2. The number of rotatable bonds is 1. The molecule has 6 aromatic rings. The van der Waals surface area contributed by atoms with Crippen molar-refractivity contribution in [3.8, 4) is 0 Å². The summed E-state index contributed by atoms with van der Waals surface area (Å²) in [5, 5.41) is 8.32. The molecular weight excluding hydrogens is 489 g/mol. The molecule has 1 aliphatic rings.